The molecule has 9 heteroatoms. The highest BCUT2D eigenvalue weighted by molar-refractivity contribution is 7.89. The van der Waals surface area contributed by atoms with Gasteiger partial charge < -0.3 is 9.47 Å². The molecule has 3 rings (SSSR count). The first-order valence-corrected chi connectivity index (χ1v) is 9.79. The molecule has 0 saturated carbocycles. The summed E-state index contributed by atoms with van der Waals surface area (Å²) in [5.41, 5.74) is 1.00. The van der Waals surface area contributed by atoms with Gasteiger partial charge >= 0.3 is 0 Å². The summed E-state index contributed by atoms with van der Waals surface area (Å²) >= 11 is 0. The minimum absolute atomic E-state index is 0.157. The number of ether oxygens (including phenoxy) is 2. The van der Waals surface area contributed by atoms with Crippen LogP contribution in [0.2, 0.25) is 0 Å². The first-order chi connectivity index (χ1) is 12.3. The van der Waals surface area contributed by atoms with Gasteiger partial charge in [-0.25, -0.2) is 12.8 Å². The van der Waals surface area contributed by atoms with E-state index in [0.29, 0.717) is 43.1 Å². The summed E-state index contributed by atoms with van der Waals surface area (Å²) in [4.78, 5) is 0.245. The first-order valence-electron chi connectivity index (χ1n) is 8.35. The van der Waals surface area contributed by atoms with Gasteiger partial charge in [0.1, 0.15) is 16.7 Å². The predicted molar refractivity (Wildman–Crippen MR) is 93.4 cm³/mol. The number of aromatic amines is 1. The van der Waals surface area contributed by atoms with Crippen molar-refractivity contribution >= 4 is 10.0 Å². The smallest absolute Gasteiger partial charge is 0.246 e. The van der Waals surface area contributed by atoms with Gasteiger partial charge in [0.25, 0.3) is 0 Å². The highest BCUT2D eigenvalue weighted by atomic mass is 32.2. The van der Waals surface area contributed by atoms with Gasteiger partial charge in [0.2, 0.25) is 10.0 Å². The molecule has 1 aliphatic heterocycles. The van der Waals surface area contributed by atoms with Crippen LogP contribution in [0.25, 0.3) is 0 Å². The second kappa shape index (κ2) is 7.24. The van der Waals surface area contributed by atoms with Crippen molar-refractivity contribution in [1.82, 2.24) is 14.5 Å². The zero-order valence-electron chi connectivity index (χ0n) is 15.0. The molecular formula is C17H22FN3O4S. The number of benzene rings is 1. The average molecular weight is 383 g/mol. The highest BCUT2D eigenvalue weighted by Crippen LogP contribution is 2.28. The molecule has 0 aliphatic carbocycles. The first kappa shape index (κ1) is 18.7. The summed E-state index contributed by atoms with van der Waals surface area (Å²) in [6, 6.07) is 4.43. The number of H-pyrrole nitrogens is 1. The molecule has 0 atom stereocenters. The molecule has 1 N–H and O–H groups in total. The molecule has 0 amide bonds. The average Bonchev–Trinajstić information content (AvgIpc) is 2.95. The van der Waals surface area contributed by atoms with E-state index in [1.807, 2.05) is 0 Å². The number of hydrogen-bond acceptors (Lipinski definition) is 5. The normalized spacial score (nSPS) is 16.6. The Morgan fingerprint density at radius 3 is 2.50 bits per heavy atom. The largest absolute Gasteiger partial charge is 0.494 e. The minimum Gasteiger partial charge on any atom is -0.494 e. The Morgan fingerprint density at radius 2 is 1.96 bits per heavy atom. The number of methoxy groups -OCH3 is 1. The monoisotopic (exact) mass is 383 g/mol. The van der Waals surface area contributed by atoms with Crippen molar-refractivity contribution in [2.24, 2.45) is 0 Å². The lowest BCUT2D eigenvalue weighted by atomic mass is 10.1. The van der Waals surface area contributed by atoms with Crippen LogP contribution in [0, 0.1) is 19.7 Å². The molecule has 1 saturated heterocycles. The molecule has 2 aromatic rings. The van der Waals surface area contributed by atoms with Crippen LogP contribution < -0.4 is 9.47 Å². The van der Waals surface area contributed by atoms with Gasteiger partial charge in [0.15, 0.2) is 11.6 Å². The van der Waals surface area contributed by atoms with Crippen LogP contribution in [-0.2, 0) is 10.0 Å². The number of nitrogens with zero attached hydrogens (tertiary/aromatic N) is 2. The van der Waals surface area contributed by atoms with Crippen LogP contribution in [0.15, 0.2) is 23.1 Å². The molecule has 7 nitrogen and oxygen atoms in total. The second-order valence-electron chi connectivity index (χ2n) is 6.28. The number of halogens is 1. The quantitative estimate of drug-likeness (QED) is 0.857. The van der Waals surface area contributed by atoms with Crippen molar-refractivity contribution < 1.29 is 22.3 Å². The highest BCUT2D eigenvalue weighted by Gasteiger charge is 2.33. The maximum atomic E-state index is 13.8. The maximum Gasteiger partial charge on any atom is 0.246 e. The zero-order chi connectivity index (χ0) is 18.9. The van der Waals surface area contributed by atoms with Crippen LogP contribution in [0.4, 0.5) is 4.39 Å². The Labute approximate surface area is 152 Å². The molecule has 0 bridgehead atoms. The van der Waals surface area contributed by atoms with Crippen LogP contribution >= 0.6 is 0 Å². The molecule has 1 fully saturated rings. The molecule has 26 heavy (non-hydrogen) atoms. The van der Waals surface area contributed by atoms with Crippen LogP contribution in [-0.4, -0.2) is 49.2 Å². The zero-order valence-corrected chi connectivity index (χ0v) is 15.8. The number of piperidine rings is 1. The molecule has 1 aliphatic rings. The van der Waals surface area contributed by atoms with Crippen molar-refractivity contribution in [2.75, 3.05) is 20.2 Å². The SMILES string of the molecule is COc1ccc(OC2CCN(S(=O)(=O)c3c(C)n[nH]c3C)CC2)cc1F. The summed E-state index contributed by atoms with van der Waals surface area (Å²) in [5.74, 6) is 0.0752. The van der Waals surface area contributed by atoms with E-state index >= 15 is 0 Å². The fourth-order valence-corrected chi connectivity index (χ4v) is 4.95. The van der Waals surface area contributed by atoms with Crippen molar-refractivity contribution in [3.63, 3.8) is 0 Å². The van der Waals surface area contributed by atoms with Gasteiger partial charge in [-0.05, 0) is 38.8 Å². The van der Waals surface area contributed by atoms with Crippen molar-refractivity contribution in [3.8, 4) is 11.5 Å². The Morgan fingerprint density at radius 1 is 1.27 bits per heavy atom. The third-order valence-electron chi connectivity index (χ3n) is 4.49. The summed E-state index contributed by atoms with van der Waals surface area (Å²) in [5, 5.41) is 6.68. The van der Waals surface area contributed by atoms with Crippen LogP contribution in [0.1, 0.15) is 24.2 Å². The number of hydrogen-bond donors (Lipinski definition) is 1. The van der Waals surface area contributed by atoms with Gasteiger partial charge in [0, 0.05) is 19.2 Å². The molecule has 142 valence electrons. The van der Waals surface area contributed by atoms with Gasteiger partial charge in [0.05, 0.1) is 18.5 Å². The summed E-state index contributed by atoms with van der Waals surface area (Å²) in [7, 11) is -2.18. The van der Waals surface area contributed by atoms with E-state index in [1.54, 1.807) is 19.9 Å². The van der Waals surface area contributed by atoms with E-state index in [0.717, 1.165) is 0 Å². The predicted octanol–water partition coefficient (Wildman–Crippen LogP) is 2.41. The van der Waals surface area contributed by atoms with Crippen LogP contribution in [0.3, 0.4) is 0 Å². The summed E-state index contributed by atoms with van der Waals surface area (Å²) < 4.78 is 51.6. The van der Waals surface area contributed by atoms with Crippen molar-refractivity contribution in [1.29, 1.82) is 0 Å². The molecule has 0 radical (unpaired) electrons. The lowest BCUT2D eigenvalue weighted by molar-refractivity contribution is 0.134. The van der Waals surface area contributed by atoms with Crippen molar-refractivity contribution in [2.45, 2.75) is 37.7 Å². The van der Waals surface area contributed by atoms with Gasteiger partial charge in [-0.3, -0.25) is 5.10 Å². The summed E-state index contributed by atoms with van der Waals surface area (Å²) in [6.45, 7) is 4.05. The van der Waals surface area contributed by atoms with Crippen LogP contribution in [0.5, 0.6) is 11.5 Å². The third kappa shape index (κ3) is 3.54. The number of aryl methyl sites for hydroxylation is 2. The fraction of sp³-hybridized carbons (Fsp3) is 0.471. The number of aromatic nitrogens is 2. The van der Waals surface area contributed by atoms with E-state index in [4.69, 9.17) is 9.47 Å². The Hall–Kier alpha value is -2.13. The molecule has 1 aromatic carbocycles. The Kier molecular flexibility index (Phi) is 5.19. The molecule has 2 heterocycles. The van der Waals surface area contributed by atoms with E-state index in [2.05, 4.69) is 10.2 Å². The lowest BCUT2D eigenvalue weighted by Gasteiger charge is -2.31. The number of rotatable bonds is 5. The molecule has 0 spiro atoms. The van der Waals surface area contributed by atoms with E-state index in [1.165, 1.54) is 23.5 Å². The minimum atomic E-state index is -3.58. The third-order valence-corrected chi connectivity index (χ3v) is 6.65. The van der Waals surface area contributed by atoms with Gasteiger partial charge in [-0.2, -0.15) is 9.40 Å². The lowest BCUT2D eigenvalue weighted by Crippen LogP contribution is -2.42. The van der Waals surface area contributed by atoms with Crippen molar-refractivity contribution in [3.05, 3.63) is 35.4 Å². The van der Waals surface area contributed by atoms with E-state index in [-0.39, 0.29) is 16.7 Å². The van der Waals surface area contributed by atoms with E-state index in [9.17, 15) is 12.8 Å². The summed E-state index contributed by atoms with van der Waals surface area (Å²) in [6.07, 6.45) is 0.895. The second-order valence-corrected chi connectivity index (χ2v) is 8.16. The van der Waals surface area contributed by atoms with E-state index < -0.39 is 15.8 Å². The standard InChI is InChI=1S/C17H22FN3O4S/c1-11-17(12(2)20-19-11)26(22,23)21-8-6-13(7-9-21)25-14-4-5-16(24-3)15(18)10-14/h4-5,10,13H,6-9H2,1-3H3,(H,19,20). The molecular weight excluding hydrogens is 361 g/mol. The number of nitrogens with one attached hydrogen (secondary N) is 1. The Balaban J connectivity index is 1.65. The molecule has 0 unspecified atom stereocenters. The van der Waals surface area contributed by atoms with Gasteiger partial charge in [-0.15, -0.1) is 0 Å². The number of sulfonamides is 1. The fourth-order valence-electron chi connectivity index (χ4n) is 3.15. The van der Waals surface area contributed by atoms with Gasteiger partial charge in [-0.1, -0.05) is 0 Å². The topological polar surface area (TPSA) is 84.5 Å². The Bertz CT molecular complexity index is 870. The molecule has 1 aromatic heterocycles. The maximum absolute atomic E-state index is 13.8.